The van der Waals surface area contributed by atoms with Crippen molar-refractivity contribution in [2.75, 3.05) is 58.5 Å². The van der Waals surface area contributed by atoms with Crippen LogP contribution in [0, 0.1) is 5.41 Å². The number of carbonyl (C=O) groups is 10. The number of urea groups is 1. The number of nitrogens with two attached hydrogens (primary N) is 2. The van der Waals surface area contributed by atoms with E-state index in [0.29, 0.717) is 42.2 Å². The van der Waals surface area contributed by atoms with Gasteiger partial charge in [0, 0.05) is 79.6 Å². The number of guanidine groups is 1. The molecule has 3 aliphatic heterocycles. The Labute approximate surface area is 547 Å². The number of aryl methyl sites for hydroxylation is 1. The summed E-state index contributed by atoms with van der Waals surface area (Å²) in [6.45, 7) is 3.71. The third kappa shape index (κ3) is 23.5. The highest BCUT2D eigenvalue weighted by Crippen LogP contribution is 2.33. The van der Waals surface area contributed by atoms with E-state index in [2.05, 4.69) is 73.8 Å². The molecular formula is C61H88N18O14S. The van der Waals surface area contributed by atoms with Gasteiger partial charge in [-0.25, -0.2) is 4.79 Å². The summed E-state index contributed by atoms with van der Waals surface area (Å²) >= 11 is 1.85. The van der Waals surface area contributed by atoms with Gasteiger partial charge in [-0.2, -0.15) is 11.8 Å². The first kappa shape index (κ1) is 72.3. The van der Waals surface area contributed by atoms with Gasteiger partial charge in [-0.1, -0.05) is 42.0 Å². The van der Waals surface area contributed by atoms with E-state index in [0.717, 1.165) is 35.9 Å². The Kier molecular flexibility index (Phi) is 28.5. The molecule has 2 saturated heterocycles. The first-order chi connectivity index (χ1) is 45.2. The van der Waals surface area contributed by atoms with E-state index in [1.165, 1.54) is 30.7 Å². The van der Waals surface area contributed by atoms with E-state index < -0.39 is 96.2 Å². The summed E-state index contributed by atoms with van der Waals surface area (Å²) in [5.74, 6) is -6.00. The van der Waals surface area contributed by atoms with Gasteiger partial charge in [0.2, 0.25) is 53.2 Å². The van der Waals surface area contributed by atoms with Gasteiger partial charge in [-0.15, -0.1) is 5.10 Å². The lowest BCUT2D eigenvalue weighted by Crippen LogP contribution is -2.59. The molecule has 7 rings (SSSR count). The monoisotopic (exact) mass is 1330 g/mol. The minimum absolute atomic E-state index is 0.00785. The summed E-state index contributed by atoms with van der Waals surface area (Å²) in [4.78, 5) is 139. The number of para-hydroxylation sites is 1. The molecule has 2 aromatic heterocycles. The maximum absolute atomic E-state index is 14.7. The second-order valence-corrected chi connectivity index (χ2v) is 24.6. The number of thioether (sulfide) groups is 1. The first-order valence-electron chi connectivity index (χ1n) is 31.6. The zero-order valence-corrected chi connectivity index (χ0v) is 53.6. The van der Waals surface area contributed by atoms with Crippen molar-refractivity contribution in [3.05, 3.63) is 77.7 Å². The number of benzene rings is 2. The Morgan fingerprint density at radius 3 is 2.11 bits per heavy atom. The average Bonchev–Trinajstić information content (AvgIpc) is 1.67. The zero-order valence-electron chi connectivity index (χ0n) is 52.8. The van der Waals surface area contributed by atoms with Crippen molar-refractivity contribution in [2.45, 2.75) is 157 Å². The highest BCUT2D eigenvalue weighted by molar-refractivity contribution is 8.00. The normalized spacial score (nSPS) is 23.6. The van der Waals surface area contributed by atoms with E-state index in [4.69, 9.17) is 31.1 Å². The molecule has 94 heavy (non-hydrogen) atoms. The van der Waals surface area contributed by atoms with E-state index in [1.54, 1.807) is 30.6 Å². The number of aromatic hydroxyl groups is 1. The molecule has 0 aliphatic carbocycles. The topological polar surface area (TPSA) is 473 Å². The van der Waals surface area contributed by atoms with Gasteiger partial charge in [0.15, 0.2) is 5.96 Å². The van der Waals surface area contributed by atoms with Crippen LogP contribution in [0.25, 0.3) is 10.9 Å². The Bertz CT molecular complexity index is 3240. The summed E-state index contributed by atoms with van der Waals surface area (Å²) in [7, 11) is 0. The summed E-state index contributed by atoms with van der Waals surface area (Å²) in [6, 6.07) is 4.04. The largest absolute Gasteiger partial charge is 0.508 e. The van der Waals surface area contributed by atoms with Gasteiger partial charge in [0.25, 0.3) is 0 Å². The molecule has 0 radical (unpaired) electrons. The number of hydrogen-bond acceptors (Lipinski definition) is 18. The number of amides is 11. The van der Waals surface area contributed by atoms with E-state index in [9.17, 15) is 53.1 Å². The van der Waals surface area contributed by atoms with Gasteiger partial charge in [0.1, 0.15) is 54.6 Å². The number of primary amides is 1. The summed E-state index contributed by atoms with van der Waals surface area (Å²) in [5, 5.41) is 57.1. The van der Waals surface area contributed by atoms with Crippen LogP contribution in [-0.4, -0.2) is 208 Å². The number of nitrogens with one attached hydrogen (secondary N) is 13. The molecule has 2 aromatic carbocycles. The van der Waals surface area contributed by atoms with Gasteiger partial charge in [0.05, 0.1) is 50.8 Å². The number of nitrogens with zero attached hydrogens (tertiary/aromatic N) is 3. The third-order valence-electron chi connectivity index (χ3n) is 15.9. The number of phenols is 1. The standard InChI is InChI=1S/C61H88N18O14S/c1-35-54(84)72-44(13-9-20-66-60(63)64)56(86)68-36(2)55(85)73-45(28-37-16-18-40(80)19-17-37)58(88)71-43(53(62)83)12-7-8-22-79-32-39(77-78-79)30-47(59(89)74-46(57(87)69-35)29-38-31-67-42-11-4-3-10-41(38)42)70-51(82)33-93-27-26-92-25-24-91-23-21-65-50(81)15-6-5-14-49-52-48(34-94-49)75-61(90)76-52/h3-4,10-11,16-19,31-32,35-36,43-49,52,67,80H,5-9,12-15,20-30,33-34H2,1-2H3,(H2,62,83)(H,65,81)(H,68,86)(H,69,87)(H,70,82)(H,71,88)(H,72,84)(H,73,85)(H,74,89)(H4,63,64,66)(H2,75,76,90)/t35-,36-,43+,44-,45-,46-,47+,48-,49-,52-/m1/s1. The average molecular weight is 1330 g/mol. The Morgan fingerprint density at radius 2 is 1.37 bits per heavy atom. The van der Waals surface area contributed by atoms with Gasteiger partial charge in [-0.05, 0) is 88.1 Å². The fourth-order valence-electron chi connectivity index (χ4n) is 10.8. The summed E-state index contributed by atoms with van der Waals surface area (Å²) < 4.78 is 18.3. The first-order valence-corrected chi connectivity index (χ1v) is 32.6. The number of ether oxygens (including phenoxy) is 3. The van der Waals surface area contributed by atoms with Crippen molar-refractivity contribution in [1.29, 1.82) is 5.41 Å². The number of hydrogen-bond donors (Lipinski definition) is 16. The molecule has 0 saturated carbocycles. The fourth-order valence-corrected chi connectivity index (χ4v) is 12.4. The van der Waals surface area contributed by atoms with Crippen LogP contribution in [0.1, 0.15) is 88.5 Å². The Balaban J connectivity index is 0.996. The van der Waals surface area contributed by atoms with Crippen LogP contribution >= 0.6 is 11.8 Å². The molecule has 0 spiro atoms. The third-order valence-corrected chi connectivity index (χ3v) is 17.4. The minimum atomic E-state index is -1.39. The van der Waals surface area contributed by atoms with Crippen molar-refractivity contribution < 1.29 is 67.3 Å². The molecule has 0 unspecified atom stereocenters. The predicted octanol–water partition coefficient (Wildman–Crippen LogP) is -2.25. The SMILES string of the molecule is C[C@H]1NC(=O)[C@@H](Cc2c[nH]c3ccccc23)NC(=O)[C@@H](NC(=O)COCCOCCOCCNC(=O)CCCC[C@H]2SC[C@H]3NC(=O)N[C@H]32)Cc2cn(nn2)CCCC[C@@H](C(N)=O)NC(=O)[C@@H](Cc2ccc(O)cc2)NC(=O)[C@@H](C)NC(=O)[C@@H](CCCNC(=N)N)NC1=O. The molecule has 11 amide bonds. The minimum Gasteiger partial charge on any atom is -0.508 e. The maximum Gasteiger partial charge on any atom is 0.315 e. The molecule has 3 aliphatic rings. The maximum atomic E-state index is 14.7. The van der Waals surface area contributed by atoms with Crippen LogP contribution < -0.4 is 70.0 Å². The number of phenolic OH excluding ortho intramolecular Hbond substituents is 1. The molecule has 2 fully saturated rings. The number of aromatic nitrogens is 4. The van der Waals surface area contributed by atoms with Crippen molar-refractivity contribution >= 4 is 87.8 Å². The zero-order chi connectivity index (χ0) is 67.5. The lowest BCUT2D eigenvalue weighted by atomic mass is 10.0. The molecule has 2 bridgehead atoms. The molecule has 32 nitrogen and oxygen atoms in total. The number of H-pyrrole nitrogens is 1. The van der Waals surface area contributed by atoms with Crippen molar-refractivity contribution in [1.82, 2.24) is 78.5 Å². The second kappa shape index (κ2) is 37.0. The fraction of sp³-hybridized carbons (Fsp3) is 0.557. The predicted molar refractivity (Wildman–Crippen MR) is 344 cm³/mol. The molecule has 5 heterocycles. The van der Waals surface area contributed by atoms with Gasteiger partial charge in [-0.3, -0.25) is 53.2 Å². The Morgan fingerprint density at radius 1 is 0.702 bits per heavy atom. The van der Waals surface area contributed by atoms with Crippen LogP contribution in [0.4, 0.5) is 4.79 Å². The molecule has 10 atom stereocenters. The van der Waals surface area contributed by atoms with Crippen LogP contribution in [0.5, 0.6) is 5.75 Å². The quantitative estimate of drug-likeness (QED) is 0.0137. The lowest BCUT2D eigenvalue weighted by molar-refractivity contribution is -0.135. The highest BCUT2D eigenvalue weighted by atomic mass is 32.2. The highest BCUT2D eigenvalue weighted by Gasteiger charge is 2.43. The number of rotatable bonds is 26. The van der Waals surface area contributed by atoms with E-state index in [-0.39, 0.29) is 126 Å². The van der Waals surface area contributed by atoms with Crippen molar-refractivity contribution in [3.63, 3.8) is 0 Å². The van der Waals surface area contributed by atoms with Crippen LogP contribution in [0.15, 0.2) is 60.9 Å². The Hall–Kier alpha value is -9.08. The molecule has 33 heteroatoms. The smallest absolute Gasteiger partial charge is 0.315 e. The van der Waals surface area contributed by atoms with Crippen LogP contribution in [-0.2, 0) is 83.2 Å². The lowest BCUT2D eigenvalue weighted by Gasteiger charge is -2.26. The van der Waals surface area contributed by atoms with Crippen LogP contribution in [0.3, 0.4) is 0 Å². The summed E-state index contributed by atoms with van der Waals surface area (Å²) in [5.41, 5.74) is 13.4. The molecular weight excluding hydrogens is 1240 g/mol. The molecule has 4 aromatic rings. The van der Waals surface area contributed by atoms with Gasteiger partial charge >= 0.3 is 6.03 Å². The number of unbranched alkanes of at least 4 members (excludes halogenated alkanes) is 1. The number of carbonyl (C=O) groups excluding carboxylic acids is 10. The van der Waals surface area contributed by atoms with Crippen LogP contribution in [0.2, 0.25) is 0 Å². The number of aromatic amines is 1. The van der Waals surface area contributed by atoms with E-state index in [1.807, 2.05) is 30.0 Å². The number of fused-ring (bicyclic) bond motifs is 4. The van der Waals surface area contributed by atoms with Crippen molar-refractivity contribution in [3.8, 4) is 5.75 Å². The second-order valence-electron chi connectivity index (χ2n) is 23.3. The van der Waals surface area contributed by atoms with Gasteiger partial charge < -0.3 is 94.3 Å². The van der Waals surface area contributed by atoms with Crippen molar-refractivity contribution in [2.24, 2.45) is 11.5 Å². The molecule has 18 N–H and O–H groups in total. The molecule has 512 valence electrons. The summed E-state index contributed by atoms with van der Waals surface area (Å²) in [6.07, 6.45) is 6.65. The van der Waals surface area contributed by atoms with E-state index >= 15 is 0 Å².